The number of nitrogens with zero attached hydrogens (tertiary/aromatic N) is 4. The van der Waals surface area contributed by atoms with E-state index in [-0.39, 0.29) is 11.5 Å². The molecular weight excluding hydrogens is 373 g/mol. The Balaban J connectivity index is 1.52. The maximum absolute atomic E-state index is 12.6. The molecule has 2 aliphatic heterocycles. The Labute approximate surface area is 163 Å². The molecule has 3 rings (SSSR count). The van der Waals surface area contributed by atoms with E-state index < -0.39 is 17.5 Å². The monoisotopic (exact) mass is 400 g/mol. The second kappa shape index (κ2) is 7.40. The van der Waals surface area contributed by atoms with Gasteiger partial charge in [0.15, 0.2) is 5.69 Å². The fourth-order valence-electron chi connectivity index (χ4n) is 3.83. The summed E-state index contributed by atoms with van der Waals surface area (Å²) in [5.41, 5.74) is -1.30. The number of hydrogen-bond donors (Lipinski definition) is 0. The smallest absolute Gasteiger partial charge is 0.434 e. The van der Waals surface area contributed by atoms with Crippen LogP contribution in [0.1, 0.15) is 52.1 Å². The van der Waals surface area contributed by atoms with Gasteiger partial charge < -0.3 is 14.5 Å². The van der Waals surface area contributed by atoms with Crippen molar-refractivity contribution in [3.8, 4) is 0 Å². The highest BCUT2D eigenvalue weighted by molar-refractivity contribution is 5.68. The molecule has 2 saturated heterocycles. The summed E-state index contributed by atoms with van der Waals surface area (Å²) in [4.78, 5) is 23.4. The zero-order valence-corrected chi connectivity index (χ0v) is 16.6. The molecule has 3 heterocycles. The standard InChI is InChI=1S/C19H27F3N4O2/c1-17(2,3)28-16(27)26-10-6-18(7-11-26)4-8-25(9-5-18)15-13-23-14(12-24-15)19(20,21)22/h12-13H,4-11H2,1-3H3. The second-order valence-corrected chi connectivity index (χ2v) is 8.71. The van der Waals surface area contributed by atoms with E-state index in [4.69, 9.17) is 4.74 Å². The lowest BCUT2D eigenvalue weighted by Gasteiger charge is -2.47. The van der Waals surface area contributed by atoms with Gasteiger partial charge in [0.05, 0.1) is 12.4 Å². The predicted molar refractivity (Wildman–Crippen MR) is 98.0 cm³/mol. The van der Waals surface area contributed by atoms with Crippen molar-refractivity contribution in [2.45, 2.75) is 58.2 Å². The largest absolute Gasteiger partial charge is 0.444 e. The van der Waals surface area contributed by atoms with Crippen LogP contribution in [0.3, 0.4) is 0 Å². The minimum atomic E-state index is -4.47. The molecule has 0 radical (unpaired) electrons. The lowest BCUT2D eigenvalue weighted by Crippen LogP contribution is -2.49. The first-order valence-corrected chi connectivity index (χ1v) is 9.60. The molecule has 1 aromatic rings. The summed E-state index contributed by atoms with van der Waals surface area (Å²) in [6.45, 7) is 8.38. The number of carbonyl (C=O) groups is 1. The molecule has 1 spiro atoms. The van der Waals surface area contributed by atoms with Crippen molar-refractivity contribution in [1.29, 1.82) is 0 Å². The van der Waals surface area contributed by atoms with Gasteiger partial charge in [-0.25, -0.2) is 14.8 Å². The quantitative estimate of drug-likeness (QED) is 0.710. The van der Waals surface area contributed by atoms with Crippen LogP contribution in [0.5, 0.6) is 0 Å². The normalized spacial score (nSPS) is 20.4. The van der Waals surface area contributed by atoms with Crippen LogP contribution in [-0.2, 0) is 10.9 Å². The first-order chi connectivity index (χ1) is 13.0. The number of alkyl halides is 3. The lowest BCUT2D eigenvalue weighted by molar-refractivity contribution is -0.141. The summed E-state index contributed by atoms with van der Waals surface area (Å²) in [5.74, 6) is 0.481. The Morgan fingerprint density at radius 2 is 1.57 bits per heavy atom. The number of rotatable bonds is 1. The van der Waals surface area contributed by atoms with Crippen LogP contribution in [0.4, 0.5) is 23.8 Å². The van der Waals surface area contributed by atoms with E-state index in [0.717, 1.165) is 45.0 Å². The third kappa shape index (κ3) is 4.86. The topological polar surface area (TPSA) is 58.6 Å². The number of amides is 1. The maximum Gasteiger partial charge on any atom is 0.434 e. The Kier molecular flexibility index (Phi) is 5.46. The van der Waals surface area contributed by atoms with Crippen molar-refractivity contribution in [3.63, 3.8) is 0 Å². The summed E-state index contributed by atoms with van der Waals surface area (Å²) in [6, 6.07) is 0. The Bertz CT molecular complexity index is 683. The fourth-order valence-corrected chi connectivity index (χ4v) is 3.83. The highest BCUT2D eigenvalue weighted by Crippen LogP contribution is 2.42. The van der Waals surface area contributed by atoms with Crippen molar-refractivity contribution in [2.24, 2.45) is 5.41 Å². The van der Waals surface area contributed by atoms with Crippen molar-refractivity contribution in [2.75, 3.05) is 31.1 Å². The van der Waals surface area contributed by atoms with E-state index in [9.17, 15) is 18.0 Å². The van der Waals surface area contributed by atoms with Gasteiger partial charge in [-0.05, 0) is 51.9 Å². The average molecular weight is 400 g/mol. The number of anilines is 1. The number of carbonyl (C=O) groups excluding carboxylic acids is 1. The fraction of sp³-hybridized carbons (Fsp3) is 0.737. The molecule has 2 aliphatic rings. The van der Waals surface area contributed by atoms with Crippen LogP contribution in [0.25, 0.3) is 0 Å². The molecule has 0 saturated carbocycles. The van der Waals surface area contributed by atoms with E-state index in [0.29, 0.717) is 18.9 Å². The summed E-state index contributed by atoms with van der Waals surface area (Å²) >= 11 is 0. The van der Waals surface area contributed by atoms with Crippen LogP contribution in [0.2, 0.25) is 0 Å². The van der Waals surface area contributed by atoms with Gasteiger partial charge in [0.2, 0.25) is 0 Å². The molecule has 0 aliphatic carbocycles. The van der Waals surface area contributed by atoms with Gasteiger partial charge in [0.1, 0.15) is 11.4 Å². The van der Waals surface area contributed by atoms with Crippen molar-refractivity contribution < 1.29 is 22.7 Å². The number of likely N-dealkylation sites (tertiary alicyclic amines) is 1. The number of halogens is 3. The minimum Gasteiger partial charge on any atom is -0.444 e. The molecule has 0 atom stereocenters. The van der Waals surface area contributed by atoms with E-state index in [1.807, 2.05) is 25.7 Å². The van der Waals surface area contributed by atoms with Gasteiger partial charge in [-0.3, -0.25) is 0 Å². The maximum atomic E-state index is 12.6. The molecule has 2 fully saturated rings. The third-order valence-electron chi connectivity index (χ3n) is 5.55. The van der Waals surface area contributed by atoms with Gasteiger partial charge in [-0.15, -0.1) is 0 Å². The molecule has 6 nitrogen and oxygen atoms in total. The highest BCUT2D eigenvalue weighted by Gasteiger charge is 2.40. The van der Waals surface area contributed by atoms with Crippen LogP contribution in [0, 0.1) is 5.41 Å². The van der Waals surface area contributed by atoms with Gasteiger partial charge in [-0.2, -0.15) is 13.2 Å². The van der Waals surface area contributed by atoms with E-state index in [1.165, 1.54) is 6.20 Å². The summed E-state index contributed by atoms with van der Waals surface area (Å²) < 4.78 is 43.3. The highest BCUT2D eigenvalue weighted by atomic mass is 19.4. The van der Waals surface area contributed by atoms with Crippen molar-refractivity contribution in [3.05, 3.63) is 18.1 Å². The molecule has 1 aromatic heterocycles. The number of hydrogen-bond acceptors (Lipinski definition) is 5. The molecule has 28 heavy (non-hydrogen) atoms. The van der Waals surface area contributed by atoms with Crippen LogP contribution in [-0.4, -0.2) is 52.7 Å². The molecule has 9 heteroatoms. The lowest BCUT2D eigenvalue weighted by atomic mass is 9.71. The number of aromatic nitrogens is 2. The van der Waals surface area contributed by atoms with E-state index in [2.05, 4.69) is 9.97 Å². The van der Waals surface area contributed by atoms with E-state index >= 15 is 0 Å². The van der Waals surface area contributed by atoms with Crippen LogP contribution >= 0.6 is 0 Å². The molecule has 0 aromatic carbocycles. The molecule has 0 unspecified atom stereocenters. The third-order valence-corrected chi connectivity index (χ3v) is 5.55. The van der Waals surface area contributed by atoms with Gasteiger partial charge in [0.25, 0.3) is 0 Å². The molecule has 0 bridgehead atoms. The predicted octanol–water partition coefficient (Wildman–Crippen LogP) is 4.11. The molecule has 1 amide bonds. The first-order valence-electron chi connectivity index (χ1n) is 9.60. The zero-order valence-electron chi connectivity index (χ0n) is 16.6. The van der Waals surface area contributed by atoms with E-state index in [1.54, 1.807) is 4.90 Å². The van der Waals surface area contributed by atoms with Crippen molar-refractivity contribution >= 4 is 11.9 Å². The van der Waals surface area contributed by atoms with Gasteiger partial charge in [0, 0.05) is 26.2 Å². The van der Waals surface area contributed by atoms with Crippen LogP contribution < -0.4 is 4.90 Å². The summed E-state index contributed by atoms with van der Waals surface area (Å²) in [7, 11) is 0. The summed E-state index contributed by atoms with van der Waals surface area (Å²) in [6.07, 6.45) is 0.942. The second-order valence-electron chi connectivity index (χ2n) is 8.71. The molecule has 0 N–H and O–H groups in total. The first kappa shape index (κ1) is 20.7. The Hall–Kier alpha value is -2.06. The average Bonchev–Trinajstić information content (AvgIpc) is 2.61. The number of ether oxygens (including phenoxy) is 1. The Morgan fingerprint density at radius 1 is 1.00 bits per heavy atom. The van der Waals surface area contributed by atoms with Gasteiger partial charge in [-0.1, -0.05) is 0 Å². The van der Waals surface area contributed by atoms with Crippen molar-refractivity contribution in [1.82, 2.24) is 14.9 Å². The number of piperidine rings is 2. The zero-order chi connectivity index (χ0) is 20.6. The molecule has 156 valence electrons. The summed E-state index contributed by atoms with van der Waals surface area (Å²) in [5, 5.41) is 0. The Morgan fingerprint density at radius 3 is 2.04 bits per heavy atom. The van der Waals surface area contributed by atoms with Crippen LogP contribution in [0.15, 0.2) is 12.4 Å². The SMILES string of the molecule is CC(C)(C)OC(=O)N1CCC2(CC1)CCN(c1cnc(C(F)(F)F)cn1)CC2. The minimum absolute atomic E-state index is 0.175. The van der Waals surface area contributed by atoms with Gasteiger partial charge >= 0.3 is 12.3 Å². The molecular formula is C19H27F3N4O2.